The van der Waals surface area contributed by atoms with Crippen LogP contribution in [-0.4, -0.2) is 5.91 Å². The van der Waals surface area contributed by atoms with Crippen molar-refractivity contribution in [1.82, 2.24) is 0 Å². The maximum absolute atomic E-state index is 13.5. The van der Waals surface area contributed by atoms with E-state index in [1.54, 1.807) is 0 Å². The van der Waals surface area contributed by atoms with Crippen LogP contribution in [0, 0.1) is 23.3 Å². The Morgan fingerprint density at radius 3 is 2.43 bits per heavy atom. The topological polar surface area (TPSA) is 55.1 Å². The highest BCUT2D eigenvalue weighted by Crippen LogP contribution is 2.24. The van der Waals surface area contributed by atoms with Gasteiger partial charge in [0.05, 0.1) is 12.1 Å². The molecular formula is C14H10F4N2O. The first-order valence-electron chi connectivity index (χ1n) is 5.85. The van der Waals surface area contributed by atoms with Crippen LogP contribution >= 0.6 is 0 Å². The van der Waals surface area contributed by atoms with Gasteiger partial charge in [-0.2, -0.15) is 0 Å². The molecular weight excluding hydrogens is 288 g/mol. The van der Waals surface area contributed by atoms with E-state index in [2.05, 4.69) is 5.32 Å². The second kappa shape index (κ2) is 5.82. The lowest BCUT2D eigenvalue weighted by Gasteiger charge is -2.10. The summed E-state index contributed by atoms with van der Waals surface area (Å²) in [5.41, 5.74) is 4.68. The third-order valence-corrected chi connectivity index (χ3v) is 2.76. The maximum atomic E-state index is 13.5. The van der Waals surface area contributed by atoms with Crippen molar-refractivity contribution in [3.05, 3.63) is 59.2 Å². The maximum Gasteiger partial charge on any atom is 0.229 e. The van der Waals surface area contributed by atoms with E-state index in [-0.39, 0.29) is 11.3 Å². The van der Waals surface area contributed by atoms with E-state index in [1.165, 1.54) is 0 Å². The van der Waals surface area contributed by atoms with Crippen LogP contribution in [0.15, 0.2) is 30.3 Å². The van der Waals surface area contributed by atoms with Gasteiger partial charge in [0.15, 0.2) is 11.6 Å². The molecule has 2 aromatic carbocycles. The SMILES string of the molecule is Nc1ccc(F)c(F)c1NC(=O)Cc1ccc(F)cc1F. The minimum Gasteiger partial charge on any atom is -0.397 e. The van der Waals surface area contributed by atoms with Crippen molar-refractivity contribution in [2.75, 3.05) is 11.1 Å². The van der Waals surface area contributed by atoms with Crippen LogP contribution in [0.2, 0.25) is 0 Å². The number of nitrogen functional groups attached to an aromatic ring is 1. The number of nitrogens with one attached hydrogen (secondary N) is 1. The second-order valence-corrected chi connectivity index (χ2v) is 4.29. The van der Waals surface area contributed by atoms with Crippen molar-refractivity contribution in [1.29, 1.82) is 0 Å². The van der Waals surface area contributed by atoms with Crippen molar-refractivity contribution >= 4 is 17.3 Å². The lowest BCUT2D eigenvalue weighted by atomic mass is 10.1. The molecule has 2 rings (SSSR count). The smallest absolute Gasteiger partial charge is 0.229 e. The van der Waals surface area contributed by atoms with Crippen molar-refractivity contribution in [2.45, 2.75) is 6.42 Å². The molecule has 2 aromatic rings. The number of carbonyl (C=O) groups excluding carboxylic acids is 1. The molecule has 110 valence electrons. The fraction of sp³-hybridized carbons (Fsp3) is 0.0714. The molecule has 0 aliphatic heterocycles. The lowest BCUT2D eigenvalue weighted by Crippen LogP contribution is -2.17. The minimum absolute atomic E-state index is 0.0794. The number of nitrogens with two attached hydrogens (primary N) is 1. The molecule has 0 spiro atoms. The van der Waals surface area contributed by atoms with Gasteiger partial charge in [0.25, 0.3) is 0 Å². The summed E-state index contributed by atoms with van der Waals surface area (Å²) < 4.78 is 52.7. The largest absolute Gasteiger partial charge is 0.397 e. The van der Waals surface area contributed by atoms with Crippen molar-refractivity contribution in [2.24, 2.45) is 0 Å². The zero-order valence-electron chi connectivity index (χ0n) is 10.6. The van der Waals surface area contributed by atoms with Crippen LogP contribution in [0.25, 0.3) is 0 Å². The molecule has 0 atom stereocenters. The van der Waals surface area contributed by atoms with E-state index in [9.17, 15) is 22.4 Å². The summed E-state index contributed by atoms with van der Waals surface area (Å²) in [6.45, 7) is 0. The van der Waals surface area contributed by atoms with E-state index in [1.807, 2.05) is 0 Å². The predicted molar refractivity (Wildman–Crippen MR) is 69.5 cm³/mol. The Morgan fingerprint density at radius 1 is 1.05 bits per heavy atom. The number of amides is 1. The summed E-state index contributed by atoms with van der Waals surface area (Å²) in [7, 11) is 0. The number of benzene rings is 2. The second-order valence-electron chi connectivity index (χ2n) is 4.29. The Balaban J connectivity index is 2.17. The molecule has 0 unspecified atom stereocenters. The third-order valence-electron chi connectivity index (χ3n) is 2.76. The molecule has 0 bridgehead atoms. The van der Waals surface area contributed by atoms with Gasteiger partial charge in [0, 0.05) is 6.07 Å². The van der Waals surface area contributed by atoms with E-state index >= 15 is 0 Å². The number of rotatable bonds is 3. The molecule has 0 radical (unpaired) electrons. The Labute approximate surface area is 117 Å². The van der Waals surface area contributed by atoms with Crippen molar-refractivity contribution in [3.63, 3.8) is 0 Å². The quantitative estimate of drug-likeness (QED) is 0.676. The first-order chi connectivity index (χ1) is 9.88. The number of carbonyl (C=O) groups is 1. The van der Waals surface area contributed by atoms with Crippen molar-refractivity contribution < 1.29 is 22.4 Å². The van der Waals surface area contributed by atoms with Gasteiger partial charge in [-0.05, 0) is 23.8 Å². The number of anilines is 2. The summed E-state index contributed by atoms with van der Waals surface area (Å²) in [5.74, 6) is -4.97. The standard InChI is InChI=1S/C14H10F4N2O/c15-8-2-1-7(10(17)6-8)5-12(21)20-14-11(19)4-3-9(16)13(14)18/h1-4,6H,5,19H2,(H,20,21). The van der Waals surface area contributed by atoms with Gasteiger partial charge in [-0.3, -0.25) is 4.79 Å². The fourth-order valence-corrected chi connectivity index (χ4v) is 1.71. The molecule has 3 N–H and O–H groups in total. The molecule has 7 heteroatoms. The van der Waals surface area contributed by atoms with Crippen molar-refractivity contribution in [3.8, 4) is 0 Å². The third kappa shape index (κ3) is 3.31. The number of halogens is 4. The number of hydrogen-bond donors (Lipinski definition) is 2. The van der Waals surface area contributed by atoms with Crippen LogP contribution in [0.4, 0.5) is 28.9 Å². The molecule has 0 aliphatic carbocycles. The van der Waals surface area contributed by atoms with E-state index in [4.69, 9.17) is 5.73 Å². The molecule has 0 aliphatic rings. The first-order valence-corrected chi connectivity index (χ1v) is 5.85. The summed E-state index contributed by atoms with van der Waals surface area (Å²) in [4.78, 5) is 11.7. The fourth-order valence-electron chi connectivity index (χ4n) is 1.71. The minimum atomic E-state index is -1.30. The molecule has 3 nitrogen and oxygen atoms in total. The first kappa shape index (κ1) is 14.8. The Hall–Kier alpha value is -2.57. The molecule has 0 aromatic heterocycles. The average Bonchev–Trinajstić information content (AvgIpc) is 2.42. The summed E-state index contributed by atoms with van der Waals surface area (Å²) in [6.07, 6.45) is -0.471. The predicted octanol–water partition coefficient (Wildman–Crippen LogP) is 3.01. The van der Waals surface area contributed by atoms with Crippen LogP contribution in [0.3, 0.4) is 0 Å². The molecule has 0 fully saturated rings. The molecule has 0 saturated carbocycles. The highest BCUT2D eigenvalue weighted by molar-refractivity contribution is 5.95. The zero-order chi connectivity index (χ0) is 15.6. The van der Waals surface area contributed by atoms with Gasteiger partial charge in [-0.15, -0.1) is 0 Å². The van der Waals surface area contributed by atoms with Gasteiger partial charge < -0.3 is 11.1 Å². The van der Waals surface area contributed by atoms with Crippen LogP contribution in [0.5, 0.6) is 0 Å². The summed E-state index contributed by atoms with van der Waals surface area (Å²) in [6, 6.07) is 4.62. The van der Waals surface area contributed by atoms with Gasteiger partial charge in [0.1, 0.15) is 17.3 Å². The Morgan fingerprint density at radius 2 is 1.76 bits per heavy atom. The number of hydrogen-bond acceptors (Lipinski definition) is 2. The average molecular weight is 298 g/mol. The Kier molecular flexibility index (Phi) is 4.11. The van der Waals surface area contributed by atoms with Gasteiger partial charge in [-0.25, -0.2) is 17.6 Å². The molecule has 0 heterocycles. The molecule has 21 heavy (non-hydrogen) atoms. The normalized spacial score (nSPS) is 10.5. The highest BCUT2D eigenvalue weighted by atomic mass is 19.2. The van der Waals surface area contributed by atoms with Crippen LogP contribution < -0.4 is 11.1 Å². The summed E-state index contributed by atoms with van der Waals surface area (Å²) in [5, 5.41) is 2.07. The lowest BCUT2D eigenvalue weighted by molar-refractivity contribution is -0.115. The zero-order valence-corrected chi connectivity index (χ0v) is 10.6. The van der Waals surface area contributed by atoms with E-state index in [0.717, 1.165) is 24.3 Å². The molecule has 1 amide bonds. The molecule has 0 saturated heterocycles. The van der Waals surface area contributed by atoms with E-state index < -0.39 is 41.3 Å². The Bertz CT molecular complexity index is 704. The summed E-state index contributed by atoms with van der Waals surface area (Å²) >= 11 is 0. The van der Waals surface area contributed by atoms with Gasteiger partial charge in [0.2, 0.25) is 5.91 Å². The van der Waals surface area contributed by atoms with Gasteiger partial charge in [-0.1, -0.05) is 6.07 Å². The monoisotopic (exact) mass is 298 g/mol. The van der Waals surface area contributed by atoms with Gasteiger partial charge >= 0.3 is 0 Å². The van der Waals surface area contributed by atoms with E-state index in [0.29, 0.717) is 6.07 Å². The van der Waals surface area contributed by atoms with Crippen LogP contribution in [0.1, 0.15) is 5.56 Å². The van der Waals surface area contributed by atoms with Crippen LogP contribution in [-0.2, 0) is 11.2 Å². The highest BCUT2D eigenvalue weighted by Gasteiger charge is 2.16.